The molecular formula is C19H18N2O4S. The van der Waals surface area contributed by atoms with Crippen molar-refractivity contribution in [2.75, 3.05) is 23.6 Å². The van der Waals surface area contributed by atoms with Crippen LogP contribution in [0.2, 0.25) is 0 Å². The number of para-hydroxylation sites is 1. The van der Waals surface area contributed by atoms with Crippen molar-refractivity contribution >= 4 is 35.0 Å². The molecule has 0 spiro atoms. The van der Waals surface area contributed by atoms with E-state index in [1.807, 2.05) is 31.2 Å². The molecule has 4 rings (SSSR count). The standard InChI is InChI=1S/C19H18N2O4S/c1-12-8-19(23)21(14-4-2-3-5-17(14)26-12)10-18(22)20-13-6-7-15-16(9-13)25-11-24-15/h2-7,9,12H,8,10-11H2,1H3,(H,20,22)/t12-/m1/s1. The van der Waals surface area contributed by atoms with Crippen molar-refractivity contribution in [2.24, 2.45) is 0 Å². The quantitative estimate of drug-likeness (QED) is 0.898. The van der Waals surface area contributed by atoms with Crippen molar-refractivity contribution in [3.63, 3.8) is 0 Å². The van der Waals surface area contributed by atoms with Crippen LogP contribution in [-0.2, 0) is 9.59 Å². The number of rotatable bonds is 3. The molecule has 134 valence electrons. The number of carbonyl (C=O) groups excluding carboxylic acids is 2. The van der Waals surface area contributed by atoms with Gasteiger partial charge in [-0.15, -0.1) is 11.8 Å². The molecule has 7 heteroatoms. The maximum atomic E-state index is 12.6. The van der Waals surface area contributed by atoms with Gasteiger partial charge in [-0.25, -0.2) is 0 Å². The van der Waals surface area contributed by atoms with Gasteiger partial charge in [-0.05, 0) is 24.3 Å². The van der Waals surface area contributed by atoms with Crippen LogP contribution in [0, 0.1) is 0 Å². The Balaban J connectivity index is 1.52. The minimum Gasteiger partial charge on any atom is -0.454 e. The molecule has 1 N–H and O–H groups in total. The minimum absolute atomic E-state index is 0.0302. The van der Waals surface area contributed by atoms with Crippen LogP contribution < -0.4 is 19.7 Å². The van der Waals surface area contributed by atoms with Gasteiger partial charge in [-0.3, -0.25) is 9.59 Å². The van der Waals surface area contributed by atoms with Crippen molar-refractivity contribution in [1.82, 2.24) is 0 Å². The Kier molecular flexibility index (Phi) is 4.46. The van der Waals surface area contributed by atoms with Crippen molar-refractivity contribution in [3.8, 4) is 11.5 Å². The number of nitrogens with one attached hydrogen (secondary N) is 1. The maximum Gasteiger partial charge on any atom is 0.244 e. The Labute approximate surface area is 155 Å². The fraction of sp³-hybridized carbons (Fsp3) is 0.263. The summed E-state index contributed by atoms with van der Waals surface area (Å²) in [4.78, 5) is 27.8. The minimum atomic E-state index is -0.258. The largest absolute Gasteiger partial charge is 0.454 e. The molecule has 0 aromatic heterocycles. The first kappa shape index (κ1) is 16.8. The number of nitrogens with zero attached hydrogens (tertiary/aromatic N) is 1. The van der Waals surface area contributed by atoms with Crippen LogP contribution in [0.3, 0.4) is 0 Å². The molecule has 2 aromatic carbocycles. The Hall–Kier alpha value is -2.67. The molecule has 0 saturated carbocycles. The predicted molar refractivity (Wildman–Crippen MR) is 99.9 cm³/mol. The number of ether oxygens (including phenoxy) is 2. The summed E-state index contributed by atoms with van der Waals surface area (Å²) in [5, 5.41) is 3.00. The van der Waals surface area contributed by atoms with Crippen LogP contribution in [0.4, 0.5) is 11.4 Å². The SMILES string of the molecule is C[C@@H]1CC(=O)N(CC(=O)Nc2ccc3c(c2)OCO3)c2ccccc2S1. The van der Waals surface area contributed by atoms with Gasteiger partial charge in [0.1, 0.15) is 6.54 Å². The lowest BCUT2D eigenvalue weighted by molar-refractivity contribution is -0.121. The summed E-state index contributed by atoms with van der Waals surface area (Å²) in [5.41, 5.74) is 1.39. The summed E-state index contributed by atoms with van der Waals surface area (Å²) in [6, 6.07) is 12.9. The summed E-state index contributed by atoms with van der Waals surface area (Å²) in [7, 11) is 0. The van der Waals surface area contributed by atoms with Crippen molar-refractivity contribution in [3.05, 3.63) is 42.5 Å². The first-order valence-electron chi connectivity index (χ1n) is 8.36. The molecular weight excluding hydrogens is 352 g/mol. The van der Waals surface area contributed by atoms with Crippen LogP contribution in [0.15, 0.2) is 47.4 Å². The average Bonchev–Trinajstić information content (AvgIpc) is 3.03. The van der Waals surface area contributed by atoms with E-state index in [0.29, 0.717) is 23.6 Å². The summed E-state index contributed by atoms with van der Waals surface area (Å²) in [6.45, 7) is 2.18. The second-order valence-electron chi connectivity index (χ2n) is 6.20. The third kappa shape index (κ3) is 3.35. The van der Waals surface area contributed by atoms with E-state index in [-0.39, 0.29) is 30.4 Å². The maximum absolute atomic E-state index is 12.6. The molecule has 2 amide bonds. The van der Waals surface area contributed by atoms with Crippen molar-refractivity contribution in [1.29, 1.82) is 0 Å². The average molecular weight is 370 g/mol. The molecule has 0 bridgehead atoms. The highest BCUT2D eigenvalue weighted by Gasteiger charge is 2.27. The summed E-state index contributed by atoms with van der Waals surface area (Å²) in [6.07, 6.45) is 0.399. The van der Waals surface area contributed by atoms with Crippen LogP contribution >= 0.6 is 11.8 Å². The van der Waals surface area contributed by atoms with Gasteiger partial charge in [0.15, 0.2) is 11.5 Å². The van der Waals surface area contributed by atoms with E-state index < -0.39 is 0 Å². The van der Waals surface area contributed by atoms with Crippen LogP contribution in [-0.4, -0.2) is 30.4 Å². The number of benzene rings is 2. The highest BCUT2D eigenvalue weighted by atomic mass is 32.2. The van der Waals surface area contributed by atoms with Gasteiger partial charge in [0, 0.05) is 28.3 Å². The van der Waals surface area contributed by atoms with Crippen molar-refractivity contribution < 1.29 is 19.1 Å². The fourth-order valence-electron chi connectivity index (χ4n) is 3.02. The van der Waals surface area contributed by atoms with Gasteiger partial charge in [-0.1, -0.05) is 19.1 Å². The van der Waals surface area contributed by atoms with Gasteiger partial charge in [0.2, 0.25) is 18.6 Å². The Bertz CT molecular complexity index is 870. The first-order chi connectivity index (χ1) is 12.6. The molecule has 0 fully saturated rings. The summed E-state index contributed by atoms with van der Waals surface area (Å²) in [5.74, 6) is 0.956. The van der Waals surface area contributed by atoms with Crippen LogP contribution in [0.25, 0.3) is 0 Å². The zero-order chi connectivity index (χ0) is 18.1. The van der Waals surface area contributed by atoms with E-state index in [9.17, 15) is 9.59 Å². The molecule has 0 aliphatic carbocycles. The molecule has 6 nitrogen and oxygen atoms in total. The predicted octanol–water partition coefficient (Wildman–Crippen LogP) is 3.27. The second-order valence-corrected chi connectivity index (χ2v) is 7.68. The molecule has 2 aromatic rings. The Morgan fingerprint density at radius 1 is 1.23 bits per heavy atom. The Morgan fingerprint density at radius 3 is 2.92 bits per heavy atom. The van der Waals surface area contributed by atoms with E-state index in [2.05, 4.69) is 5.32 Å². The zero-order valence-corrected chi connectivity index (χ0v) is 15.0. The molecule has 0 saturated heterocycles. The monoisotopic (exact) mass is 370 g/mol. The van der Waals surface area contributed by atoms with Crippen LogP contribution in [0.1, 0.15) is 13.3 Å². The van der Waals surface area contributed by atoms with E-state index in [0.717, 1.165) is 10.6 Å². The third-order valence-electron chi connectivity index (χ3n) is 4.21. The molecule has 26 heavy (non-hydrogen) atoms. The van der Waals surface area contributed by atoms with E-state index in [4.69, 9.17) is 9.47 Å². The normalized spacial score (nSPS) is 18.3. The van der Waals surface area contributed by atoms with Gasteiger partial charge in [0.25, 0.3) is 0 Å². The Morgan fingerprint density at radius 2 is 2.04 bits per heavy atom. The smallest absolute Gasteiger partial charge is 0.244 e. The molecule has 0 radical (unpaired) electrons. The van der Waals surface area contributed by atoms with Gasteiger partial charge in [-0.2, -0.15) is 0 Å². The third-order valence-corrected chi connectivity index (χ3v) is 5.37. The van der Waals surface area contributed by atoms with Crippen molar-refractivity contribution in [2.45, 2.75) is 23.5 Å². The van der Waals surface area contributed by atoms with E-state index in [1.165, 1.54) is 0 Å². The topological polar surface area (TPSA) is 67.9 Å². The number of amides is 2. The molecule has 0 unspecified atom stereocenters. The molecule has 2 heterocycles. The highest BCUT2D eigenvalue weighted by molar-refractivity contribution is 8.00. The summed E-state index contributed by atoms with van der Waals surface area (Å²) < 4.78 is 10.6. The zero-order valence-electron chi connectivity index (χ0n) is 14.2. The summed E-state index contributed by atoms with van der Waals surface area (Å²) >= 11 is 1.66. The lowest BCUT2D eigenvalue weighted by Gasteiger charge is -2.22. The number of anilines is 2. The highest BCUT2D eigenvalue weighted by Crippen LogP contribution is 2.38. The number of hydrogen-bond acceptors (Lipinski definition) is 5. The fourth-order valence-corrected chi connectivity index (χ4v) is 4.14. The van der Waals surface area contributed by atoms with Gasteiger partial charge in [0.05, 0.1) is 5.69 Å². The molecule has 1 atom stereocenters. The second kappa shape index (κ2) is 6.92. The first-order valence-corrected chi connectivity index (χ1v) is 9.23. The van der Waals surface area contributed by atoms with E-state index in [1.54, 1.807) is 34.9 Å². The number of thioether (sulfide) groups is 1. The number of hydrogen-bond donors (Lipinski definition) is 1. The lowest BCUT2D eigenvalue weighted by Crippen LogP contribution is -2.38. The van der Waals surface area contributed by atoms with E-state index >= 15 is 0 Å². The number of carbonyl (C=O) groups is 2. The molecule has 2 aliphatic heterocycles. The number of fused-ring (bicyclic) bond motifs is 2. The molecule has 2 aliphatic rings. The van der Waals surface area contributed by atoms with Gasteiger partial charge < -0.3 is 19.7 Å². The van der Waals surface area contributed by atoms with Gasteiger partial charge >= 0.3 is 0 Å². The lowest BCUT2D eigenvalue weighted by atomic mass is 10.2. The van der Waals surface area contributed by atoms with Crippen LogP contribution in [0.5, 0.6) is 11.5 Å².